The lowest BCUT2D eigenvalue weighted by atomic mass is 9.89. The third-order valence-electron chi connectivity index (χ3n) is 2.85. The van der Waals surface area contributed by atoms with Crippen molar-refractivity contribution in [3.8, 4) is 0 Å². The molecule has 0 saturated heterocycles. The first-order valence-electron chi connectivity index (χ1n) is 5.29. The maximum absolute atomic E-state index is 10.5. The third-order valence-corrected chi connectivity index (χ3v) is 2.85. The Morgan fingerprint density at radius 3 is 2.62 bits per heavy atom. The highest BCUT2D eigenvalue weighted by Gasteiger charge is 2.26. The molecule has 0 aliphatic carbocycles. The Hall–Kier alpha value is -1.61. The van der Waals surface area contributed by atoms with Gasteiger partial charge in [-0.2, -0.15) is 5.10 Å². The normalized spacial score (nSPS) is 14.8. The van der Waals surface area contributed by atoms with E-state index < -0.39 is 5.60 Å². The number of rotatable bonds is 2. The second-order valence-corrected chi connectivity index (χ2v) is 4.34. The number of nitrogens with zero attached hydrogens (tertiary/aromatic N) is 2. The number of benzene rings is 1. The summed E-state index contributed by atoms with van der Waals surface area (Å²) in [5.41, 5.74) is 1.85. The fourth-order valence-corrected chi connectivity index (χ4v) is 1.79. The average Bonchev–Trinajstić information content (AvgIpc) is 2.65. The van der Waals surface area contributed by atoms with Crippen molar-refractivity contribution in [1.29, 1.82) is 0 Å². The molecular formula is C13H16N2O. The van der Waals surface area contributed by atoms with Crippen LogP contribution >= 0.6 is 0 Å². The van der Waals surface area contributed by atoms with E-state index in [2.05, 4.69) is 5.10 Å². The van der Waals surface area contributed by atoms with Crippen molar-refractivity contribution in [2.24, 2.45) is 7.05 Å². The van der Waals surface area contributed by atoms with E-state index in [0.29, 0.717) is 0 Å². The molecule has 0 spiro atoms. The van der Waals surface area contributed by atoms with E-state index >= 15 is 0 Å². The van der Waals surface area contributed by atoms with Gasteiger partial charge < -0.3 is 5.11 Å². The van der Waals surface area contributed by atoms with E-state index in [-0.39, 0.29) is 0 Å². The summed E-state index contributed by atoms with van der Waals surface area (Å²) in [5, 5.41) is 14.6. The fourth-order valence-electron chi connectivity index (χ4n) is 1.79. The molecule has 16 heavy (non-hydrogen) atoms. The van der Waals surface area contributed by atoms with Crippen LogP contribution in [0, 0.1) is 6.92 Å². The average molecular weight is 216 g/mol. The van der Waals surface area contributed by atoms with Gasteiger partial charge in [0.2, 0.25) is 0 Å². The zero-order chi connectivity index (χ0) is 11.8. The van der Waals surface area contributed by atoms with Gasteiger partial charge >= 0.3 is 0 Å². The third kappa shape index (κ3) is 1.86. The van der Waals surface area contributed by atoms with Gasteiger partial charge in [-0.1, -0.05) is 29.8 Å². The van der Waals surface area contributed by atoms with Crippen LogP contribution in [0.15, 0.2) is 36.7 Å². The molecule has 1 aromatic heterocycles. The first-order valence-corrected chi connectivity index (χ1v) is 5.29. The summed E-state index contributed by atoms with van der Waals surface area (Å²) in [6, 6.07) is 7.89. The zero-order valence-electron chi connectivity index (χ0n) is 9.81. The van der Waals surface area contributed by atoms with Crippen LogP contribution in [0.25, 0.3) is 0 Å². The largest absolute Gasteiger partial charge is 0.381 e. The van der Waals surface area contributed by atoms with Gasteiger partial charge in [-0.25, -0.2) is 0 Å². The molecule has 0 aliphatic rings. The van der Waals surface area contributed by atoms with E-state index in [4.69, 9.17) is 0 Å². The molecule has 1 unspecified atom stereocenters. The van der Waals surface area contributed by atoms with E-state index in [9.17, 15) is 5.11 Å². The van der Waals surface area contributed by atoms with E-state index in [0.717, 1.165) is 16.7 Å². The standard InChI is InChI=1S/C13H16N2O/c1-10-5-4-6-11(7-10)13(2,16)12-8-14-15(3)9-12/h4-9,16H,1-3H3. The van der Waals surface area contributed by atoms with Gasteiger partial charge in [0.1, 0.15) is 5.60 Å². The quantitative estimate of drug-likeness (QED) is 0.833. The van der Waals surface area contributed by atoms with Crippen LogP contribution < -0.4 is 0 Å². The van der Waals surface area contributed by atoms with Gasteiger partial charge in [0.05, 0.1) is 6.20 Å². The molecule has 1 atom stereocenters. The second-order valence-electron chi connectivity index (χ2n) is 4.34. The maximum atomic E-state index is 10.5. The summed E-state index contributed by atoms with van der Waals surface area (Å²) in [6.07, 6.45) is 3.53. The summed E-state index contributed by atoms with van der Waals surface area (Å²) in [4.78, 5) is 0. The van der Waals surface area contributed by atoms with Crippen LogP contribution in [-0.2, 0) is 12.6 Å². The molecule has 0 saturated carbocycles. The topological polar surface area (TPSA) is 38.1 Å². The number of hydrogen-bond donors (Lipinski definition) is 1. The maximum Gasteiger partial charge on any atom is 0.115 e. The minimum absolute atomic E-state index is 0.806. The summed E-state index contributed by atoms with van der Waals surface area (Å²) in [6.45, 7) is 3.81. The molecule has 0 bridgehead atoms. The van der Waals surface area contributed by atoms with Crippen LogP contribution in [0.4, 0.5) is 0 Å². The summed E-state index contributed by atoms with van der Waals surface area (Å²) in [7, 11) is 1.84. The van der Waals surface area contributed by atoms with E-state index in [1.165, 1.54) is 0 Å². The summed E-state index contributed by atoms with van der Waals surface area (Å²) in [5.74, 6) is 0. The predicted octanol–water partition coefficient (Wildman–Crippen LogP) is 1.98. The van der Waals surface area contributed by atoms with Crippen LogP contribution in [0.3, 0.4) is 0 Å². The van der Waals surface area contributed by atoms with Gasteiger partial charge in [0.25, 0.3) is 0 Å². The molecule has 1 N–H and O–H groups in total. The van der Waals surface area contributed by atoms with Crippen molar-refractivity contribution >= 4 is 0 Å². The van der Waals surface area contributed by atoms with Crippen LogP contribution in [0.1, 0.15) is 23.6 Å². The highest BCUT2D eigenvalue weighted by Crippen LogP contribution is 2.28. The lowest BCUT2D eigenvalue weighted by Crippen LogP contribution is -2.22. The number of hydrogen-bond acceptors (Lipinski definition) is 2. The second kappa shape index (κ2) is 3.76. The summed E-state index contributed by atoms with van der Waals surface area (Å²) >= 11 is 0. The zero-order valence-corrected chi connectivity index (χ0v) is 9.81. The molecule has 84 valence electrons. The number of aliphatic hydroxyl groups is 1. The molecule has 0 amide bonds. The fraction of sp³-hybridized carbons (Fsp3) is 0.308. The molecule has 2 aromatic rings. The number of aromatic nitrogens is 2. The molecule has 0 aliphatic heterocycles. The first-order chi connectivity index (χ1) is 7.50. The SMILES string of the molecule is Cc1cccc(C(C)(O)c2cnn(C)c2)c1. The highest BCUT2D eigenvalue weighted by atomic mass is 16.3. The van der Waals surface area contributed by atoms with E-state index in [1.807, 2.05) is 44.4 Å². The van der Waals surface area contributed by atoms with Crippen molar-refractivity contribution in [3.63, 3.8) is 0 Å². The van der Waals surface area contributed by atoms with Crippen LogP contribution in [0.2, 0.25) is 0 Å². The van der Waals surface area contributed by atoms with E-state index in [1.54, 1.807) is 17.8 Å². The minimum Gasteiger partial charge on any atom is -0.381 e. The number of aryl methyl sites for hydroxylation is 2. The molecule has 2 rings (SSSR count). The minimum atomic E-state index is -0.986. The van der Waals surface area contributed by atoms with Crippen LogP contribution in [0.5, 0.6) is 0 Å². The highest BCUT2D eigenvalue weighted by molar-refractivity contribution is 5.34. The smallest absolute Gasteiger partial charge is 0.115 e. The Morgan fingerprint density at radius 1 is 1.31 bits per heavy atom. The lowest BCUT2D eigenvalue weighted by Gasteiger charge is -2.22. The molecular weight excluding hydrogens is 200 g/mol. The molecule has 1 aromatic carbocycles. The van der Waals surface area contributed by atoms with Crippen molar-refractivity contribution in [3.05, 3.63) is 53.3 Å². The Morgan fingerprint density at radius 2 is 2.06 bits per heavy atom. The Labute approximate surface area is 95.3 Å². The molecule has 0 fully saturated rings. The van der Waals surface area contributed by atoms with Gasteiger partial charge in [-0.3, -0.25) is 4.68 Å². The van der Waals surface area contributed by atoms with Crippen molar-refractivity contribution in [2.75, 3.05) is 0 Å². The van der Waals surface area contributed by atoms with Crippen molar-refractivity contribution in [2.45, 2.75) is 19.4 Å². The monoisotopic (exact) mass is 216 g/mol. The van der Waals surface area contributed by atoms with Gasteiger partial charge in [-0.05, 0) is 19.4 Å². The van der Waals surface area contributed by atoms with Gasteiger partial charge in [0, 0.05) is 18.8 Å². The van der Waals surface area contributed by atoms with Gasteiger partial charge in [0.15, 0.2) is 0 Å². The molecule has 0 radical (unpaired) electrons. The summed E-state index contributed by atoms with van der Waals surface area (Å²) < 4.78 is 1.69. The van der Waals surface area contributed by atoms with Crippen molar-refractivity contribution < 1.29 is 5.11 Å². The van der Waals surface area contributed by atoms with Crippen LogP contribution in [-0.4, -0.2) is 14.9 Å². The molecule has 3 heteroatoms. The first kappa shape index (κ1) is 10.9. The Kier molecular flexibility index (Phi) is 2.56. The van der Waals surface area contributed by atoms with Crippen molar-refractivity contribution in [1.82, 2.24) is 9.78 Å². The molecule has 3 nitrogen and oxygen atoms in total. The predicted molar refractivity (Wildman–Crippen MR) is 63.1 cm³/mol. The lowest BCUT2D eigenvalue weighted by molar-refractivity contribution is 0.102. The Balaban J connectivity index is 2.46. The van der Waals surface area contributed by atoms with Gasteiger partial charge in [-0.15, -0.1) is 0 Å². The Bertz CT molecular complexity index is 500. The molecule has 1 heterocycles.